The van der Waals surface area contributed by atoms with Crippen LogP contribution in [-0.2, 0) is 23.8 Å². The molecule has 1 aliphatic carbocycles. The van der Waals surface area contributed by atoms with E-state index in [2.05, 4.69) is 43.6 Å². The third-order valence-corrected chi connectivity index (χ3v) is 6.49. The highest BCUT2D eigenvalue weighted by Crippen LogP contribution is 2.44. The zero-order chi connectivity index (χ0) is 19.4. The smallest absolute Gasteiger partial charge is 0.254 e. The van der Waals surface area contributed by atoms with Crippen molar-refractivity contribution < 1.29 is 4.42 Å². The topological polar surface area (TPSA) is 62.1 Å². The van der Waals surface area contributed by atoms with Crippen molar-refractivity contribution in [3.05, 3.63) is 50.6 Å². The number of aromatic amines is 1. The second-order valence-corrected chi connectivity index (χ2v) is 9.50. The Morgan fingerprint density at radius 1 is 1.22 bits per heavy atom. The highest BCUT2D eigenvalue weighted by molar-refractivity contribution is 5.34. The van der Waals surface area contributed by atoms with Crippen LogP contribution in [0.5, 0.6) is 0 Å². The number of aromatic nitrogens is 2. The minimum absolute atomic E-state index is 0.0748. The number of likely N-dealkylation sites (tertiary alicyclic amines) is 1. The van der Waals surface area contributed by atoms with Crippen molar-refractivity contribution in [1.82, 2.24) is 14.9 Å². The summed E-state index contributed by atoms with van der Waals surface area (Å²) >= 11 is 0. The summed E-state index contributed by atoms with van der Waals surface area (Å²) in [5, 5.41) is 0. The molecule has 1 fully saturated rings. The molecule has 2 aromatic rings. The van der Waals surface area contributed by atoms with Crippen LogP contribution < -0.4 is 5.56 Å². The van der Waals surface area contributed by atoms with Gasteiger partial charge in [-0.05, 0) is 64.3 Å². The third kappa shape index (κ3) is 3.27. The average Bonchev–Trinajstić information content (AvgIpc) is 3.10. The van der Waals surface area contributed by atoms with E-state index < -0.39 is 0 Å². The molecule has 2 aromatic heterocycles. The largest absolute Gasteiger partial charge is 0.465 e. The molecule has 0 atom stereocenters. The van der Waals surface area contributed by atoms with Crippen LogP contribution in [0.4, 0.5) is 0 Å². The Labute approximate surface area is 161 Å². The second kappa shape index (κ2) is 6.33. The first kappa shape index (κ1) is 18.5. The summed E-state index contributed by atoms with van der Waals surface area (Å²) in [6.07, 6.45) is 4.05. The minimum atomic E-state index is -0.145. The number of piperidine rings is 1. The van der Waals surface area contributed by atoms with Crippen LogP contribution in [0.15, 0.2) is 15.3 Å². The maximum Gasteiger partial charge on any atom is 0.254 e. The fraction of sp³-hybridized carbons (Fsp3) is 0.636. The highest BCUT2D eigenvalue weighted by Gasteiger charge is 2.44. The van der Waals surface area contributed by atoms with E-state index in [0.717, 1.165) is 73.9 Å². The van der Waals surface area contributed by atoms with Gasteiger partial charge in [0.15, 0.2) is 0 Å². The van der Waals surface area contributed by atoms with Gasteiger partial charge in [-0.15, -0.1) is 0 Å². The first-order chi connectivity index (χ1) is 12.7. The first-order valence-corrected chi connectivity index (χ1v) is 10.1. The van der Waals surface area contributed by atoms with Gasteiger partial charge in [-0.3, -0.25) is 9.69 Å². The summed E-state index contributed by atoms with van der Waals surface area (Å²) in [6, 6.07) is 2.15. The van der Waals surface area contributed by atoms with E-state index >= 15 is 0 Å². The molecule has 4 rings (SSSR count). The van der Waals surface area contributed by atoms with Crippen LogP contribution in [0.25, 0.3) is 0 Å². The first-order valence-electron chi connectivity index (χ1n) is 10.1. The van der Waals surface area contributed by atoms with Crippen molar-refractivity contribution in [3.8, 4) is 0 Å². The lowest BCUT2D eigenvalue weighted by molar-refractivity contribution is 0.141. The maximum absolute atomic E-state index is 12.6. The summed E-state index contributed by atoms with van der Waals surface area (Å²) in [5.74, 6) is 2.88. The number of rotatable bonds is 2. The van der Waals surface area contributed by atoms with Crippen LogP contribution in [0, 0.1) is 13.8 Å². The molecule has 1 aliphatic heterocycles. The number of hydrogen-bond acceptors (Lipinski definition) is 4. The van der Waals surface area contributed by atoms with Crippen LogP contribution in [0.3, 0.4) is 0 Å². The minimum Gasteiger partial charge on any atom is -0.465 e. The molecule has 0 unspecified atom stereocenters. The molecule has 2 aliphatic rings. The van der Waals surface area contributed by atoms with Crippen LogP contribution >= 0.6 is 0 Å². The predicted molar refractivity (Wildman–Crippen MR) is 106 cm³/mol. The predicted octanol–water partition coefficient (Wildman–Crippen LogP) is 3.76. The fourth-order valence-corrected chi connectivity index (χ4v) is 4.58. The Kier molecular flexibility index (Phi) is 4.34. The molecule has 0 aromatic carbocycles. The molecule has 3 heterocycles. The summed E-state index contributed by atoms with van der Waals surface area (Å²) in [5.41, 5.74) is 3.24. The molecule has 0 bridgehead atoms. The molecule has 27 heavy (non-hydrogen) atoms. The van der Waals surface area contributed by atoms with E-state index in [0.29, 0.717) is 0 Å². The van der Waals surface area contributed by atoms with Crippen molar-refractivity contribution in [2.75, 3.05) is 13.1 Å². The van der Waals surface area contributed by atoms with Crippen LogP contribution in [0.2, 0.25) is 0 Å². The molecule has 1 N–H and O–H groups in total. The van der Waals surface area contributed by atoms with Gasteiger partial charge in [-0.1, -0.05) is 20.8 Å². The normalized spacial score (nSPS) is 19.6. The molecule has 5 heteroatoms. The highest BCUT2D eigenvalue weighted by atomic mass is 16.3. The molecule has 1 saturated heterocycles. The molecule has 5 nitrogen and oxygen atoms in total. The number of furan rings is 1. The number of nitrogens with one attached hydrogen (secondary N) is 1. The van der Waals surface area contributed by atoms with Crippen molar-refractivity contribution in [2.45, 2.75) is 77.7 Å². The lowest BCUT2D eigenvalue weighted by atomic mass is 9.76. The summed E-state index contributed by atoms with van der Waals surface area (Å²) in [7, 11) is 0. The van der Waals surface area contributed by atoms with Gasteiger partial charge in [0.1, 0.15) is 17.3 Å². The van der Waals surface area contributed by atoms with Gasteiger partial charge in [0, 0.05) is 16.4 Å². The van der Waals surface area contributed by atoms with Gasteiger partial charge in [0.2, 0.25) is 0 Å². The zero-order valence-electron chi connectivity index (χ0n) is 17.2. The van der Waals surface area contributed by atoms with Gasteiger partial charge in [0.25, 0.3) is 5.56 Å². The third-order valence-electron chi connectivity index (χ3n) is 6.49. The van der Waals surface area contributed by atoms with Crippen molar-refractivity contribution in [2.24, 2.45) is 0 Å². The summed E-state index contributed by atoms with van der Waals surface area (Å²) in [6.45, 7) is 13.4. The maximum atomic E-state index is 12.6. The Balaban J connectivity index is 1.54. The molecular formula is C22H31N3O2. The van der Waals surface area contributed by atoms with Crippen LogP contribution in [-0.4, -0.2) is 28.0 Å². The Bertz CT molecular complexity index is 889. The average molecular weight is 370 g/mol. The van der Waals surface area contributed by atoms with Gasteiger partial charge in [-0.25, -0.2) is 4.98 Å². The van der Waals surface area contributed by atoms with E-state index in [1.165, 1.54) is 5.56 Å². The number of aryl methyl sites for hydroxylation is 2. The molecule has 0 amide bonds. The molecular weight excluding hydrogens is 338 g/mol. The van der Waals surface area contributed by atoms with E-state index in [9.17, 15) is 4.79 Å². The van der Waals surface area contributed by atoms with Crippen molar-refractivity contribution >= 4 is 0 Å². The Hall–Kier alpha value is -1.88. The van der Waals surface area contributed by atoms with Crippen molar-refractivity contribution in [1.29, 1.82) is 0 Å². The van der Waals surface area contributed by atoms with E-state index in [1.807, 2.05) is 6.92 Å². The lowest BCUT2D eigenvalue weighted by Gasteiger charge is -2.39. The Morgan fingerprint density at radius 3 is 2.52 bits per heavy atom. The molecule has 146 valence electrons. The van der Waals surface area contributed by atoms with E-state index in [4.69, 9.17) is 9.40 Å². The van der Waals surface area contributed by atoms with Crippen LogP contribution in [0.1, 0.15) is 74.2 Å². The number of nitrogens with zero attached hydrogens (tertiary/aromatic N) is 2. The quantitative estimate of drug-likeness (QED) is 0.876. The SMILES string of the molecule is Cc1cc(CN2CCC3(CCc4c3nc(C(C)(C)C)[nH]c4=O)CC2)oc1C. The molecule has 0 radical (unpaired) electrons. The monoisotopic (exact) mass is 369 g/mol. The van der Waals surface area contributed by atoms with E-state index in [-0.39, 0.29) is 16.4 Å². The van der Waals surface area contributed by atoms with Gasteiger partial charge in [-0.2, -0.15) is 0 Å². The van der Waals surface area contributed by atoms with Gasteiger partial charge >= 0.3 is 0 Å². The van der Waals surface area contributed by atoms with Crippen molar-refractivity contribution in [3.63, 3.8) is 0 Å². The summed E-state index contributed by atoms with van der Waals surface area (Å²) in [4.78, 5) is 23.1. The molecule has 0 saturated carbocycles. The number of H-pyrrole nitrogens is 1. The number of hydrogen-bond donors (Lipinski definition) is 1. The fourth-order valence-electron chi connectivity index (χ4n) is 4.58. The lowest BCUT2D eigenvalue weighted by Crippen LogP contribution is -2.42. The van der Waals surface area contributed by atoms with Gasteiger partial charge in [0.05, 0.1) is 12.2 Å². The standard InChI is InChI=1S/C22H31N3O2/c1-14-12-16(27-15(14)2)13-25-10-8-22(9-11-25)7-6-17-18(22)23-20(21(3,4)5)24-19(17)26/h12H,6-11,13H2,1-5H3,(H,23,24,26). The second-order valence-electron chi connectivity index (χ2n) is 9.50. The van der Waals surface area contributed by atoms with E-state index in [1.54, 1.807) is 0 Å². The number of fused-ring (bicyclic) bond motifs is 2. The Morgan fingerprint density at radius 2 is 1.93 bits per heavy atom. The zero-order valence-corrected chi connectivity index (χ0v) is 17.2. The van der Waals surface area contributed by atoms with Gasteiger partial charge < -0.3 is 9.40 Å². The molecule has 1 spiro atoms. The summed E-state index contributed by atoms with van der Waals surface area (Å²) < 4.78 is 5.86.